The van der Waals surface area contributed by atoms with Crippen LogP contribution in [0.1, 0.15) is 5.76 Å². The van der Waals surface area contributed by atoms with E-state index in [9.17, 15) is 0 Å². The SMILES string of the molecule is Brc1ccccc1OCc1ccco1. The average Bonchev–Trinajstić information content (AvgIpc) is 2.69. The molecule has 1 aromatic carbocycles. The number of furan rings is 1. The van der Waals surface area contributed by atoms with E-state index in [2.05, 4.69) is 15.9 Å². The van der Waals surface area contributed by atoms with Gasteiger partial charge in [0.25, 0.3) is 0 Å². The molecule has 0 fully saturated rings. The van der Waals surface area contributed by atoms with Gasteiger partial charge in [-0.2, -0.15) is 0 Å². The Morgan fingerprint density at radius 3 is 2.71 bits per heavy atom. The van der Waals surface area contributed by atoms with Crippen LogP contribution in [0, 0.1) is 0 Å². The summed E-state index contributed by atoms with van der Waals surface area (Å²) >= 11 is 3.40. The zero-order chi connectivity index (χ0) is 9.80. The number of hydrogen-bond donors (Lipinski definition) is 0. The number of hydrogen-bond acceptors (Lipinski definition) is 2. The molecule has 0 aliphatic heterocycles. The Kier molecular flexibility index (Phi) is 2.89. The monoisotopic (exact) mass is 252 g/mol. The lowest BCUT2D eigenvalue weighted by Crippen LogP contribution is -1.93. The van der Waals surface area contributed by atoms with Gasteiger partial charge < -0.3 is 9.15 Å². The van der Waals surface area contributed by atoms with E-state index in [0.29, 0.717) is 6.61 Å². The fraction of sp³-hybridized carbons (Fsp3) is 0.0909. The Hall–Kier alpha value is -1.22. The number of ether oxygens (including phenoxy) is 1. The molecule has 0 N–H and O–H groups in total. The fourth-order valence-corrected chi connectivity index (χ4v) is 1.50. The van der Waals surface area contributed by atoms with Crippen LogP contribution < -0.4 is 4.74 Å². The molecule has 0 spiro atoms. The Morgan fingerprint density at radius 1 is 1.14 bits per heavy atom. The van der Waals surface area contributed by atoms with Crippen molar-refractivity contribution in [1.82, 2.24) is 0 Å². The second-order valence-electron chi connectivity index (χ2n) is 2.80. The van der Waals surface area contributed by atoms with Crippen molar-refractivity contribution in [2.45, 2.75) is 6.61 Å². The van der Waals surface area contributed by atoms with Gasteiger partial charge >= 0.3 is 0 Å². The minimum atomic E-state index is 0.454. The van der Waals surface area contributed by atoms with Crippen LogP contribution in [0.5, 0.6) is 5.75 Å². The van der Waals surface area contributed by atoms with E-state index < -0.39 is 0 Å². The van der Waals surface area contributed by atoms with E-state index in [0.717, 1.165) is 16.0 Å². The van der Waals surface area contributed by atoms with Gasteiger partial charge in [-0.05, 0) is 40.2 Å². The van der Waals surface area contributed by atoms with E-state index in [1.165, 1.54) is 0 Å². The standard InChI is InChI=1S/C11H9BrO2/c12-10-5-1-2-6-11(10)14-8-9-4-3-7-13-9/h1-7H,8H2. The third kappa shape index (κ3) is 2.17. The third-order valence-electron chi connectivity index (χ3n) is 1.79. The van der Waals surface area contributed by atoms with Gasteiger partial charge in [0.1, 0.15) is 18.1 Å². The maximum absolute atomic E-state index is 5.54. The second-order valence-corrected chi connectivity index (χ2v) is 3.65. The van der Waals surface area contributed by atoms with Gasteiger partial charge in [0, 0.05) is 0 Å². The molecule has 0 atom stereocenters. The van der Waals surface area contributed by atoms with Crippen LogP contribution in [0.25, 0.3) is 0 Å². The molecule has 0 aliphatic rings. The molecule has 0 aliphatic carbocycles. The van der Waals surface area contributed by atoms with E-state index in [1.54, 1.807) is 6.26 Å². The first-order chi connectivity index (χ1) is 6.86. The van der Waals surface area contributed by atoms with Crippen molar-refractivity contribution in [2.24, 2.45) is 0 Å². The predicted molar refractivity (Wildman–Crippen MR) is 57.2 cm³/mol. The van der Waals surface area contributed by atoms with E-state index in [-0.39, 0.29) is 0 Å². The maximum atomic E-state index is 5.54. The highest BCUT2D eigenvalue weighted by atomic mass is 79.9. The summed E-state index contributed by atoms with van der Waals surface area (Å²) in [6.45, 7) is 0.454. The van der Waals surface area contributed by atoms with Gasteiger partial charge in [-0.15, -0.1) is 0 Å². The number of halogens is 1. The number of benzene rings is 1. The lowest BCUT2D eigenvalue weighted by molar-refractivity contribution is 0.269. The zero-order valence-electron chi connectivity index (χ0n) is 7.44. The molecule has 0 radical (unpaired) electrons. The van der Waals surface area contributed by atoms with Crippen LogP contribution in [-0.2, 0) is 6.61 Å². The van der Waals surface area contributed by atoms with Crippen molar-refractivity contribution < 1.29 is 9.15 Å². The normalized spacial score (nSPS) is 10.1. The summed E-state index contributed by atoms with van der Waals surface area (Å²) in [6.07, 6.45) is 1.64. The van der Waals surface area contributed by atoms with Gasteiger partial charge in [0.15, 0.2) is 0 Å². The second kappa shape index (κ2) is 4.33. The zero-order valence-corrected chi connectivity index (χ0v) is 9.03. The summed E-state index contributed by atoms with van der Waals surface area (Å²) in [6, 6.07) is 11.5. The van der Waals surface area contributed by atoms with Crippen molar-refractivity contribution in [3.63, 3.8) is 0 Å². The summed E-state index contributed by atoms with van der Waals surface area (Å²) < 4.78 is 11.6. The first-order valence-corrected chi connectivity index (χ1v) is 5.05. The molecule has 0 bridgehead atoms. The summed E-state index contributed by atoms with van der Waals surface area (Å²) in [4.78, 5) is 0. The fourth-order valence-electron chi connectivity index (χ4n) is 1.11. The Labute approximate surface area is 90.6 Å². The third-order valence-corrected chi connectivity index (χ3v) is 2.44. The minimum Gasteiger partial charge on any atom is -0.484 e. The highest BCUT2D eigenvalue weighted by Gasteiger charge is 2.00. The lowest BCUT2D eigenvalue weighted by atomic mass is 10.3. The molecule has 1 aromatic heterocycles. The molecule has 2 aromatic rings. The van der Waals surface area contributed by atoms with E-state index in [1.807, 2.05) is 36.4 Å². The van der Waals surface area contributed by atoms with Crippen molar-refractivity contribution in [2.75, 3.05) is 0 Å². The van der Waals surface area contributed by atoms with Crippen LogP contribution >= 0.6 is 15.9 Å². The summed E-state index contributed by atoms with van der Waals surface area (Å²) in [5, 5.41) is 0. The molecule has 1 heterocycles. The van der Waals surface area contributed by atoms with Gasteiger partial charge in [-0.3, -0.25) is 0 Å². The molecule has 0 saturated heterocycles. The molecule has 3 heteroatoms. The lowest BCUT2D eigenvalue weighted by Gasteiger charge is -2.05. The van der Waals surface area contributed by atoms with Gasteiger partial charge in [0.05, 0.1) is 10.7 Å². The first kappa shape index (κ1) is 9.34. The van der Waals surface area contributed by atoms with Crippen molar-refractivity contribution in [3.8, 4) is 5.75 Å². The maximum Gasteiger partial charge on any atom is 0.146 e. The van der Waals surface area contributed by atoms with Crippen LogP contribution in [-0.4, -0.2) is 0 Å². The van der Waals surface area contributed by atoms with E-state index in [4.69, 9.17) is 9.15 Å². The highest BCUT2D eigenvalue weighted by Crippen LogP contribution is 2.24. The molecule has 0 unspecified atom stereocenters. The molecule has 2 nitrogen and oxygen atoms in total. The largest absolute Gasteiger partial charge is 0.484 e. The van der Waals surface area contributed by atoms with Crippen LogP contribution in [0.15, 0.2) is 51.6 Å². The molecule has 14 heavy (non-hydrogen) atoms. The number of para-hydroxylation sites is 1. The predicted octanol–water partition coefficient (Wildman–Crippen LogP) is 3.62. The first-order valence-electron chi connectivity index (χ1n) is 4.26. The smallest absolute Gasteiger partial charge is 0.146 e. The van der Waals surface area contributed by atoms with Crippen molar-refractivity contribution in [3.05, 3.63) is 52.9 Å². The Morgan fingerprint density at radius 2 is 2.00 bits per heavy atom. The van der Waals surface area contributed by atoms with Crippen LogP contribution in [0.2, 0.25) is 0 Å². The van der Waals surface area contributed by atoms with Gasteiger partial charge in [-0.25, -0.2) is 0 Å². The van der Waals surface area contributed by atoms with Crippen molar-refractivity contribution >= 4 is 15.9 Å². The Balaban J connectivity index is 2.02. The highest BCUT2D eigenvalue weighted by molar-refractivity contribution is 9.10. The summed E-state index contributed by atoms with van der Waals surface area (Å²) in [5.74, 6) is 1.64. The molecular weight excluding hydrogens is 244 g/mol. The molecule has 72 valence electrons. The Bertz CT molecular complexity index is 395. The van der Waals surface area contributed by atoms with Gasteiger partial charge in [-0.1, -0.05) is 12.1 Å². The van der Waals surface area contributed by atoms with Crippen molar-refractivity contribution in [1.29, 1.82) is 0 Å². The van der Waals surface area contributed by atoms with Crippen LogP contribution in [0.3, 0.4) is 0 Å². The molecule has 2 rings (SSSR count). The molecule has 0 amide bonds. The molecular formula is C11H9BrO2. The summed E-state index contributed by atoms with van der Waals surface area (Å²) in [7, 11) is 0. The topological polar surface area (TPSA) is 22.4 Å². The van der Waals surface area contributed by atoms with E-state index >= 15 is 0 Å². The average molecular weight is 253 g/mol. The number of rotatable bonds is 3. The van der Waals surface area contributed by atoms with Crippen LogP contribution in [0.4, 0.5) is 0 Å². The molecule has 0 saturated carbocycles. The quantitative estimate of drug-likeness (QED) is 0.833. The summed E-state index contributed by atoms with van der Waals surface area (Å²) in [5.41, 5.74) is 0. The minimum absolute atomic E-state index is 0.454. The van der Waals surface area contributed by atoms with Gasteiger partial charge in [0.2, 0.25) is 0 Å².